The molecule has 0 atom stereocenters. The fourth-order valence-electron chi connectivity index (χ4n) is 1.64. The monoisotopic (exact) mass is 225 g/mol. The van der Waals surface area contributed by atoms with Crippen LogP contribution in [-0.2, 0) is 0 Å². The van der Waals surface area contributed by atoms with E-state index >= 15 is 0 Å². The smallest absolute Gasteiger partial charge is 0.159 e. The van der Waals surface area contributed by atoms with Crippen molar-refractivity contribution >= 4 is 10.9 Å². The lowest BCUT2D eigenvalue weighted by Crippen LogP contribution is -1.90. The molecule has 17 heavy (non-hydrogen) atoms. The number of nitrogens with zero attached hydrogens (tertiary/aromatic N) is 3. The van der Waals surface area contributed by atoms with Crippen molar-refractivity contribution in [2.24, 2.45) is 0 Å². The first-order chi connectivity index (χ1) is 8.33. The van der Waals surface area contributed by atoms with E-state index in [1.54, 1.807) is 24.7 Å². The van der Waals surface area contributed by atoms with Crippen molar-refractivity contribution in [1.82, 2.24) is 15.0 Å². The number of pyridine rings is 1. The van der Waals surface area contributed by atoms with Crippen molar-refractivity contribution in [2.45, 2.75) is 0 Å². The summed E-state index contributed by atoms with van der Waals surface area (Å²) in [7, 11) is 0. The zero-order chi connectivity index (χ0) is 11.7. The molecule has 2 heterocycles. The molecule has 0 fully saturated rings. The molecule has 0 saturated carbocycles. The van der Waals surface area contributed by atoms with Gasteiger partial charge in [0.1, 0.15) is 5.82 Å². The molecule has 0 unspecified atom stereocenters. The van der Waals surface area contributed by atoms with Crippen LogP contribution in [0.4, 0.5) is 4.39 Å². The summed E-state index contributed by atoms with van der Waals surface area (Å²) in [6.45, 7) is 0. The summed E-state index contributed by atoms with van der Waals surface area (Å²) in [5.41, 5.74) is 1.62. The van der Waals surface area contributed by atoms with E-state index in [1.165, 1.54) is 12.1 Å². The van der Waals surface area contributed by atoms with Crippen LogP contribution >= 0.6 is 0 Å². The van der Waals surface area contributed by atoms with Crippen molar-refractivity contribution in [2.75, 3.05) is 0 Å². The van der Waals surface area contributed by atoms with Crippen LogP contribution < -0.4 is 0 Å². The Balaban J connectivity index is 2.17. The molecule has 1 aromatic carbocycles. The Bertz CT molecular complexity index is 668. The van der Waals surface area contributed by atoms with Crippen LogP contribution in [0.25, 0.3) is 22.3 Å². The number of benzene rings is 1. The topological polar surface area (TPSA) is 38.7 Å². The molecule has 0 radical (unpaired) electrons. The molecule has 3 aromatic rings. The third-order valence-electron chi connectivity index (χ3n) is 2.48. The Labute approximate surface area is 97.0 Å². The Kier molecular flexibility index (Phi) is 2.26. The summed E-state index contributed by atoms with van der Waals surface area (Å²) in [4.78, 5) is 12.5. The molecule has 0 aliphatic rings. The van der Waals surface area contributed by atoms with Crippen molar-refractivity contribution in [3.8, 4) is 11.4 Å². The van der Waals surface area contributed by atoms with E-state index in [-0.39, 0.29) is 5.82 Å². The molecule has 3 nitrogen and oxygen atoms in total. The van der Waals surface area contributed by atoms with Crippen molar-refractivity contribution in [1.29, 1.82) is 0 Å². The summed E-state index contributed by atoms with van der Waals surface area (Å²) < 4.78 is 13.0. The molecular weight excluding hydrogens is 217 g/mol. The van der Waals surface area contributed by atoms with Crippen LogP contribution in [0.1, 0.15) is 0 Å². The third kappa shape index (κ3) is 1.85. The van der Waals surface area contributed by atoms with Gasteiger partial charge in [-0.25, -0.2) is 14.4 Å². The van der Waals surface area contributed by atoms with E-state index in [4.69, 9.17) is 0 Å². The highest BCUT2D eigenvalue weighted by atomic mass is 19.1. The van der Waals surface area contributed by atoms with Gasteiger partial charge in [0.15, 0.2) is 5.82 Å². The van der Waals surface area contributed by atoms with Gasteiger partial charge in [0.2, 0.25) is 0 Å². The van der Waals surface area contributed by atoms with Crippen LogP contribution in [0.3, 0.4) is 0 Å². The van der Waals surface area contributed by atoms with Gasteiger partial charge in [0.05, 0.1) is 5.52 Å². The van der Waals surface area contributed by atoms with Gasteiger partial charge in [0, 0.05) is 29.5 Å². The van der Waals surface area contributed by atoms with E-state index in [2.05, 4.69) is 15.0 Å². The first-order valence-electron chi connectivity index (χ1n) is 5.16. The van der Waals surface area contributed by atoms with E-state index in [0.29, 0.717) is 11.2 Å². The summed E-state index contributed by atoms with van der Waals surface area (Å²) in [6.07, 6.45) is 5.00. The van der Waals surface area contributed by atoms with Crippen LogP contribution in [0.2, 0.25) is 0 Å². The highest BCUT2D eigenvalue weighted by molar-refractivity contribution is 5.79. The molecule has 0 spiro atoms. The van der Waals surface area contributed by atoms with E-state index in [0.717, 1.165) is 11.1 Å². The normalized spacial score (nSPS) is 10.6. The van der Waals surface area contributed by atoms with Crippen LogP contribution in [0, 0.1) is 5.82 Å². The molecule has 0 N–H and O–H groups in total. The summed E-state index contributed by atoms with van der Waals surface area (Å²) in [5, 5.41) is 0.697. The Morgan fingerprint density at radius 3 is 2.65 bits per heavy atom. The summed E-state index contributed by atoms with van der Waals surface area (Å²) in [5.74, 6) is 0.337. The predicted octanol–water partition coefficient (Wildman–Crippen LogP) is 2.83. The molecule has 82 valence electrons. The number of hydrogen-bond donors (Lipinski definition) is 0. The molecule has 0 aliphatic carbocycles. The standard InChI is InChI=1S/C13H8FN3/c14-11-1-2-12-10(7-11)8-16-13(17-12)9-3-5-15-6-4-9/h1-8H. The van der Waals surface area contributed by atoms with Gasteiger partial charge in [-0.3, -0.25) is 4.98 Å². The molecule has 0 aliphatic heterocycles. The quantitative estimate of drug-likeness (QED) is 0.639. The third-order valence-corrected chi connectivity index (χ3v) is 2.48. The highest BCUT2D eigenvalue weighted by Crippen LogP contribution is 2.18. The Hall–Kier alpha value is -2.36. The van der Waals surface area contributed by atoms with Crippen LogP contribution in [0.5, 0.6) is 0 Å². The SMILES string of the molecule is Fc1ccc2nc(-c3ccncc3)ncc2c1. The zero-order valence-electron chi connectivity index (χ0n) is 8.84. The molecular formula is C13H8FN3. The molecule has 2 aromatic heterocycles. The van der Waals surface area contributed by atoms with E-state index < -0.39 is 0 Å². The van der Waals surface area contributed by atoms with Crippen molar-refractivity contribution < 1.29 is 4.39 Å². The maximum atomic E-state index is 13.0. The minimum Gasteiger partial charge on any atom is -0.265 e. The minimum absolute atomic E-state index is 0.280. The zero-order valence-corrected chi connectivity index (χ0v) is 8.84. The molecule has 3 rings (SSSR count). The average Bonchev–Trinajstić information content (AvgIpc) is 2.39. The number of aromatic nitrogens is 3. The second-order valence-corrected chi connectivity index (χ2v) is 3.63. The maximum absolute atomic E-state index is 13.0. The van der Waals surface area contributed by atoms with Crippen molar-refractivity contribution in [3.05, 3.63) is 54.7 Å². The largest absolute Gasteiger partial charge is 0.265 e. The maximum Gasteiger partial charge on any atom is 0.159 e. The van der Waals surface area contributed by atoms with Crippen LogP contribution in [-0.4, -0.2) is 15.0 Å². The lowest BCUT2D eigenvalue weighted by molar-refractivity contribution is 0.629. The fraction of sp³-hybridized carbons (Fsp3) is 0. The second kappa shape index (κ2) is 3.90. The predicted molar refractivity (Wildman–Crippen MR) is 62.7 cm³/mol. The van der Waals surface area contributed by atoms with E-state index in [9.17, 15) is 4.39 Å². The van der Waals surface area contributed by atoms with Crippen LogP contribution in [0.15, 0.2) is 48.9 Å². The molecule has 4 heteroatoms. The Morgan fingerprint density at radius 2 is 1.82 bits per heavy atom. The molecule has 0 saturated heterocycles. The fourth-order valence-corrected chi connectivity index (χ4v) is 1.64. The minimum atomic E-state index is -0.280. The second-order valence-electron chi connectivity index (χ2n) is 3.63. The van der Waals surface area contributed by atoms with Gasteiger partial charge >= 0.3 is 0 Å². The lowest BCUT2D eigenvalue weighted by Gasteiger charge is -2.01. The van der Waals surface area contributed by atoms with Gasteiger partial charge in [-0.05, 0) is 30.3 Å². The summed E-state index contributed by atoms with van der Waals surface area (Å²) in [6, 6.07) is 8.14. The molecule has 0 bridgehead atoms. The van der Waals surface area contributed by atoms with Gasteiger partial charge in [-0.2, -0.15) is 0 Å². The number of fused-ring (bicyclic) bond motifs is 1. The lowest BCUT2D eigenvalue weighted by atomic mass is 10.2. The van der Waals surface area contributed by atoms with Gasteiger partial charge in [0.25, 0.3) is 0 Å². The van der Waals surface area contributed by atoms with Gasteiger partial charge < -0.3 is 0 Å². The summed E-state index contributed by atoms with van der Waals surface area (Å²) >= 11 is 0. The van der Waals surface area contributed by atoms with Gasteiger partial charge in [-0.1, -0.05) is 0 Å². The average molecular weight is 225 g/mol. The van der Waals surface area contributed by atoms with Crippen molar-refractivity contribution in [3.63, 3.8) is 0 Å². The Morgan fingerprint density at radius 1 is 1.00 bits per heavy atom. The molecule has 0 amide bonds. The highest BCUT2D eigenvalue weighted by Gasteiger charge is 2.03. The number of halogens is 1. The van der Waals surface area contributed by atoms with Gasteiger partial charge in [-0.15, -0.1) is 0 Å². The number of rotatable bonds is 1. The van der Waals surface area contributed by atoms with E-state index in [1.807, 2.05) is 12.1 Å². The first kappa shape index (κ1) is 9.84. The first-order valence-corrected chi connectivity index (χ1v) is 5.16. The number of hydrogen-bond acceptors (Lipinski definition) is 3.